The van der Waals surface area contributed by atoms with Crippen LogP contribution in [0.4, 0.5) is 17.6 Å². The van der Waals surface area contributed by atoms with Crippen molar-refractivity contribution in [2.24, 2.45) is 5.92 Å². The maximum atomic E-state index is 13.5. The standard InChI is InChI=1S/C22H26F4N2O5/c23-14-10-15(24)21(26)22(20(14)25)33-19(32)12-28-18(31)11-27-17(30)9-8-16(29)13-6-4-2-1-3-5-7-13/h10,13H,1-9,11-12H2,(H,27,30)(H,28,31). The summed E-state index contributed by atoms with van der Waals surface area (Å²) in [6.07, 6.45) is 7.05. The highest BCUT2D eigenvalue weighted by molar-refractivity contribution is 5.89. The Balaban J connectivity index is 1.69. The van der Waals surface area contributed by atoms with Crippen LogP contribution in [0.3, 0.4) is 0 Å². The fourth-order valence-corrected chi connectivity index (χ4v) is 3.51. The van der Waals surface area contributed by atoms with Crippen LogP contribution < -0.4 is 15.4 Å². The number of amides is 2. The molecule has 0 atom stereocenters. The number of carbonyl (C=O) groups excluding carboxylic acids is 4. The number of ketones is 1. The topological polar surface area (TPSA) is 102 Å². The Morgan fingerprint density at radius 3 is 1.94 bits per heavy atom. The van der Waals surface area contributed by atoms with Gasteiger partial charge in [0.2, 0.25) is 29.2 Å². The highest BCUT2D eigenvalue weighted by Gasteiger charge is 2.23. The zero-order chi connectivity index (χ0) is 24.4. The first-order valence-corrected chi connectivity index (χ1v) is 10.8. The third-order valence-corrected chi connectivity index (χ3v) is 5.32. The van der Waals surface area contributed by atoms with Crippen LogP contribution in [0.2, 0.25) is 0 Å². The molecule has 0 radical (unpaired) electrons. The molecule has 2 N–H and O–H groups in total. The lowest BCUT2D eigenvalue weighted by Gasteiger charge is -2.18. The Morgan fingerprint density at radius 2 is 1.33 bits per heavy atom. The first-order valence-electron chi connectivity index (χ1n) is 10.8. The molecule has 0 saturated heterocycles. The predicted octanol–water partition coefficient (Wildman–Crippen LogP) is 3.09. The monoisotopic (exact) mass is 474 g/mol. The molecule has 0 heterocycles. The smallest absolute Gasteiger partial charge is 0.331 e. The van der Waals surface area contributed by atoms with Gasteiger partial charge >= 0.3 is 5.97 Å². The van der Waals surface area contributed by atoms with Crippen LogP contribution in [-0.2, 0) is 19.2 Å². The highest BCUT2D eigenvalue weighted by atomic mass is 19.2. The van der Waals surface area contributed by atoms with Crippen molar-refractivity contribution in [3.63, 3.8) is 0 Å². The first kappa shape index (κ1) is 26.3. The number of Topliss-reactive ketones (excluding diaryl/α,β-unsaturated/α-hetero) is 1. The Labute approximate surface area is 188 Å². The summed E-state index contributed by atoms with van der Waals surface area (Å²) in [5.74, 6) is -11.6. The highest BCUT2D eigenvalue weighted by Crippen LogP contribution is 2.26. The van der Waals surface area contributed by atoms with Gasteiger partial charge < -0.3 is 15.4 Å². The van der Waals surface area contributed by atoms with E-state index in [1.165, 1.54) is 6.42 Å². The second kappa shape index (κ2) is 12.9. The van der Waals surface area contributed by atoms with E-state index < -0.39 is 59.9 Å². The van der Waals surface area contributed by atoms with Gasteiger partial charge in [0.1, 0.15) is 12.3 Å². The number of nitrogens with one attached hydrogen (secondary N) is 2. The SMILES string of the molecule is O=C(CCC(=O)C1CCCCCCC1)NCC(=O)NCC(=O)Oc1c(F)c(F)cc(F)c1F. The van der Waals surface area contributed by atoms with Gasteiger partial charge in [0.15, 0.2) is 11.6 Å². The van der Waals surface area contributed by atoms with Gasteiger partial charge in [-0.3, -0.25) is 14.4 Å². The lowest BCUT2D eigenvalue weighted by molar-refractivity contribution is -0.136. The first-order chi connectivity index (χ1) is 15.7. The molecule has 0 unspecified atom stereocenters. The average molecular weight is 474 g/mol. The maximum absolute atomic E-state index is 13.5. The van der Waals surface area contributed by atoms with E-state index >= 15 is 0 Å². The molecule has 182 valence electrons. The zero-order valence-corrected chi connectivity index (χ0v) is 18.0. The van der Waals surface area contributed by atoms with Gasteiger partial charge in [0.25, 0.3) is 0 Å². The summed E-state index contributed by atoms with van der Waals surface area (Å²) in [6.45, 7) is -1.38. The number of halogens is 4. The average Bonchev–Trinajstić information content (AvgIpc) is 2.76. The van der Waals surface area contributed by atoms with E-state index in [0.717, 1.165) is 38.5 Å². The summed E-state index contributed by atoms with van der Waals surface area (Å²) >= 11 is 0. The van der Waals surface area contributed by atoms with Crippen LogP contribution >= 0.6 is 0 Å². The molecule has 2 rings (SSSR count). The van der Waals surface area contributed by atoms with E-state index in [2.05, 4.69) is 10.1 Å². The molecule has 7 nitrogen and oxygen atoms in total. The summed E-state index contributed by atoms with van der Waals surface area (Å²) in [5, 5.41) is 4.32. The molecular formula is C22H26F4N2O5. The minimum Gasteiger partial charge on any atom is -0.419 e. The maximum Gasteiger partial charge on any atom is 0.331 e. The minimum absolute atomic E-state index is 0.0337. The molecular weight excluding hydrogens is 448 g/mol. The Morgan fingerprint density at radius 1 is 0.788 bits per heavy atom. The molecule has 1 aromatic carbocycles. The number of ether oxygens (including phenoxy) is 1. The third kappa shape index (κ3) is 8.47. The Hall–Kier alpha value is -2.98. The van der Waals surface area contributed by atoms with Crippen molar-refractivity contribution >= 4 is 23.6 Å². The van der Waals surface area contributed by atoms with E-state index in [0.29, 0.717) is 0 Å². The van der Waals surface area contributed by atoms with Gasteiger partial charge in [0, 0.05) is 24.8 Å². The van der Waals surface area contributed by atoms with E-state index in [-0.39, 0.29) is 30.6 Å². The minimum atomic E-state index is -1.89. The number of hydrogen-bond acceptors (Lipinski definition) is 5. The van der Waals surface area contributed by atoms with Crippen LogP contribution in [0, 0.1) is 29.2 Å². The van der Waals surface area contributed by atoms with Gasteiger partial charge in [-0.1, -0.05) is 32.1 Å². The van der Waals surface area contributed by atoms with Crippen molar-refractivity contribution in [2.45, 2.75) is 57.8 Å². The number of carbonyl (C=O) groups is 4. The van der Waals surface area contributed by atoms with Crippen molar-refractivity contribution < 1.29 is 41.5 Å². The van der Waals surface area contributed by atoms with E-state index in [1.54, 1.807) is 0 Å². The fraction of sp³-hybridized carbons (Fsp3) is 0.545. The summed E-state index contributed by atoms with van der Waals surface area (Å²) in [7, 11) is 0. The third-order valence-electron chi connectivity index (χ3n) is 5.32. The van der Waals surface area contributed by atoms with Crippen molar-refractivity contribution in [1.82, 2.24) is 10.6 Å². The second-order valence-electron chi connectivity index (χ2n) is 7.83. The summed E-state index contributed by atoms with van der Waals surface area (Å²) in [5.41, 5.74) is 0. The van der Waals surface area contributed by atoms with Crippen molar-refractivity contribution in [2.75, 3.05) is 13.1 Å². The van der Waals surface area contributed by atoms with Crippen LogP contribution in [0.1, 0.15) is 57.8 Å². The number of benzene rings is 1. The van der Waals surface area contributed by atoms with Gasteiger partial charge in [-0.25, -0.2) is 13.6 Å². The van der Waals surface area contributed by atoms with Crippen LogP contribution in [-0.4, -0.2) is 36.7 Å². The lowest BCUT2D eigenvalue weighted by Crippen LogP contribution is -2.40. The van der Waals surface area contributed by atoms with Gasteiger partial charge in [-0.2, -0.15) is 8.78 Å². The summed E-state index contributed by atoms with van der Waals surface area (Å²) < 4.78 is 57.4. The largest absolute Gasteiger partial charge is 0.419 e. The van der Waals surface area contributed by atoms with E-state index in [4.69, 9.17) is 0 Å². The molecule has 0 spiro atoms. The molecule has 33 heavy (non-hydrogen) atoms. The van der Waals surface area contributed by atoms with Gasteiger partial charge in [-0.05, 0) is 12.8 Å². The molecule has 2 amide bonds. The Kier molecular flexibility index (Phi) is 10.3. The van der Waals surface area contributed by atoms with Crippen LogP contribution in [0.25, 0.3) is 0 Å². The zero-order valence-electron chi connectivity index (χ0n) is 18.0. The van der Waals surface area contributed by atoms with Crippen LogP contribution in [0.5, 0.6) is 5.75 Å². The molecule has 1 aliphatic rings. The van der Waals surface area contributed by atoms with Crippen LogP contribution in [0.15, 0.2) is 6.07 Å². The fourth-order valence-electron chi connectivity index (χ4n) is 3.51. The lowest BCUT2D eigenvalue weighted by atomic mass is 9.86. The number of esters is 1. The molecule has 0 aliphatic heterocycles. The van der Waals surface area contributed by atoms with Gasteiger partial charge in [-0.15, -0.1) is 0 Å². The predicted molar refractivity (Wildman–Crippen MR) is 108 cm³/mol. The molecule has 1 aliphatic carbocycles. The van der Waals surface area contributed by atoms with Crippen molar-refractivity contribution in [3.8, 4) is 5.75 Å². The molecule has 0 bridgehead atoms. The van der Waals surface area contributed by atoms with Crippen molar-refractivity contribution in [3.05, 3.63) is 29.3 Å². The van der Waals surface area contributed by atoms with E-state index in [9.17, 15) is 36.7 Å². The number of hydrogen-bond donors (Lipinski definition) is 2. The molecule has 1 fully saturated rings. The quantitative estimate of drug-likeness (QED) is 0.248. The summed E-state index contributed by atoms with van der Waals surface area (Å²) in [6, 6.07) is -0.0438. The molecule has 1 aromatic rings. The van der Waals surface area contributed by atoms with Crippen molar-refractivity contribution in [1.29, 1.82) is 0 Å². The summed E-state index contributed by atoms with van der Waals surface area (Å²) in [4.78, 5) is 47.5. The molecule has 0 aromatic heterocycles. The molecule has 11 heteroatoms. The Bertz CT molecular complexity index is 860. The number of rotatable bonds is 9. The normalized spacial score (nSPS) is 14.7. The molecule has 1 saturated carbocycles. The second-order valence-corrected chi connectivity index (χ2v) is 7.83. The van der Waals surface area contributed by atoms with E-state index in [1.807, 2.05) is 5.32 Å². The van der Waals surface area contributed by atoms with Gasteiger partial charge in [0.05, 0.1) is 6.54 Å².